The maximum absolute atomic E-state index is 12.6. The predicted octanol–water partition coefficient (Wildman–Crippen LogP) is 3.12. The number of carboxylic acid groups (broad SMARTS) is 1. The Morgan fingerprint density at radius 3 is 2.10 bits per heavy atom. The lowest BCUT2D eigenvalue weighted by molar-refractivity contribution is -0.213. The summed E-state index contributed by atoms with van der Waals surface area (Å²) in [7, 11) is 0. The molecule has 0 spiro atoms. The van der Waals surface area contributed by atoms with E-state index in [0.717, 1.165) is 26.7 Å². The van der Waals surface area contributed by atoms with Gasteiger partial charge in [-0.2, -0.15) is 13.2 Å². The SMILES string of the molecule is CC(C)(CC(=O)NCCCCCCC(=O)O)C(F)(F)F. The van der Waals surface area contributed by atoms with Gasteiger partial charge in [0, 0.05) is 19.4 Å². The molecule has 7 heteroatoms. The normalized spacial score (nSPS) is 12.2. The Morgan fingerprint density at radius 1 is 1.05 bits per heavy atom. The molecule has 0 aliphatic heterocycles. The fourth-order valence-corrected chi connectivity index (χ4v) is 1.55. The van der Waals surface area contributed by atoms with Crippen LogP contribution in [0.4, 0.5) is 13.2 Å². The second-order valence-electron chi connectivity index (χ2n) is 5.47. The summed E-state index contributed by atoms with van der Waals surface area (Å²) in [6.07, 6.45) is -2.18. The molecule has 0 bridgehead atoms. The molecule has 20 heavy (non-hydrogen) atoms. The number of halogens is 3. The highest BCUT2D eigenvalue weighted by Gasteiger charge is 2.48. The van der Waals surface area contributed by atoms with Crippen LogP contribution in [-0.4, -0.2) is 29.7 Å². The van der Waals surface area contributed by atoms with Crippen LogP contribution in [0.1, 0.15) is 52.4 Å². The molecule has 4 nitrogen and oxygen atoms in total. The van der Waals surface area contributed by atoms with Gasteiger partial charge < -0.3 is 10.4 Å². The van der Waals surface area contributed by atoms with Crippen molar-refractivity contribution in [3.63, 3.8) is 0 Å². The minimum absolute atomic E-state index is 0.117. The van der Waals surface area contributed by atoms with Gasteiger partial charge in [-0.1, -0.05) is 26.7 Å². The molecule has 0 saturated heterocycles. The van der Waals surface area contributed by atoms with Gasteiger partial charge in [0.2, 0.25) is 5.91 Å². The number of unbranched alkanes of at least 4 members (excludes halogenated alkanes) is 3. The summed E-state index contributed by atoms with van der Waals surface area (Å²) < 4.78 is 37.7. The summed E-state index contributed by atoms with van der Waals surface area (Å²) in [5.74, 6) is -1.45. The van der Waals surface area contributed by atoms with E-state index in [4.69, 9.17) is 5.11 Å². The zero-order chi connectivity index (χ0) is 15.8. The Hall–Kier alpha value is -1.27. The van der Waals surface area contributed by atoms with Crippen molar-refractivity contribution in [3.05, 3.63) is 0 Å². The lowest BCUT2D eigenvalue weighted by Gasteiger charge is -2.26. The Labute approximate surface area is 116 Å². The number of carboxylic acids is 1. The number of rotatable bonds is 9. The summed E-state index contributed by atoms with van der Waals surface area (Å²) in [5.41, 5.74) is -2.03. The molecule has 0 heterocycles. The van der Waals surface area contributed by atoms with Crippen LogP contribution in [0.3, 0.4) is 0 Å². The van der Waals surface area contributed by atoms with Crippen molar-refractivity contribution in [2.75, 3.05) is 6.54 Å². The number of amides is 1. The number of hydrogen-bond acceptors (Lipinski definition) is 2. The Bertz CT molecular complexity index is 327. The molecule has 0 aliphatic carbocycles. The van der Waals surface area contributed by atoms with Gasteiger partial charge >= 0.3 is 12.1 Å². The van der Waals surface area contributed by atoms with Crippen LogP contribution in [0.25, 0.3) is 0 Å². The maximum atomic E-state index is 12.6. The first-order valence-electron chi connectivity index (χ1n) is 6.61. The first-order chi connectivity index (χ1) is 9.06. The molecule has 0 aromatic carbocycles. The van der Waals surface area contributed by atoms with Crippen LogP contribution in [0.2, 0.25) is 0 Å². The number of carbonyl (C=O) groups is 2. The molecule has 2 N–H and O–H groups in total. The van der Waals surface area contributed by atoms with Crippen LogP contribution in [0.15, 0.2) is 0 Å². The van der Waals surface area contributed by atoms with Gasteiger partial charge in [-0.05, 0) is 12.8 Å². The van der Waals surface area contributed by atoms with Crippen molar-refractivity contribution in [2.24, 2.45) is 5.41 Å². The maximum Gasteiger partial charge on any atom is 0.394 e. The van der Waals surface area contributed by atoms with E-state index >= 15 is 0 Å². The summed E-state index contributed by atoms with van der Waals surface area (Å²) in [5, 5.41) is 10.9. The van der Waals surface area contributed by atoms with E-state index in [0.29, 0.717) is 19.4 Å². The molecule has 1 amide bonds. The molecular formula is C13H22F3NO3. The van der Waals surface area contributed by atoms with Crippen LogP contribution in [0.5, 0.6) is 0 Å². The van der Waals surface area contributed by atoms with E-state index < -0.39 is 29.9 Å². The molecule has 0 radical (unpaired) electrons. The molecule has 0 atom stereocenters. The van der Waals surface area contributed by atoms with Crippen LogP contribution in [0, 0.1) is 5.41 Å². The van der Waals surface area contributed by atoms with E-state index in [1.807, 2.05) is 0 Å². The molecule has 0 saturated carbocycles. The first kappa shape index (κ1) is 18.7. The number of alkyl halides is 3. The van der Waals surface area contributed by atoms with Gasteiger partial charge in [0.1, 0.15) is 0 Å². The summed E-state index contributed by atoms with van der Waals surface area (Å²) in [6.45, 7) is 2.32. The van der Waals surface area contributed by atoms with E-state index in [2.05, 4.69) is 5.32 Å². The number of carbonyl (C=O) groups excluding carboxylic acids is 1. The molecule has 0 fully saturated rings. The minimum atomic E-state index is -4.40. The van der Waals surface area contributed by atoms with Crippen LogP contribution in [-0.2, 0) is 9.59 Å². The lowest BCUT2D eigenvalue weighted by Crippen LogP contribution is -2.38. The van der Waals surface area contributed by atoms with Gasteiger partial charge in [0.25, 0.3) is 0 Å². The van der Waals surface area contributed by atoms with Crippen molar-refractivity contribution in [1.82, 2.24) is 5.32 Å². The van der Waals surface area contributed by atoms with Crippen molar-refractivity contribution in [1.29, 1.82) is 0 Å². The number of aliphatic carboxylic acids is 1. The van der Waals surface area contributed by atoms with Crippen LogP contribution >= 0.6 is 0 Å². The zero-order valence-corrected chi connectivity index (χ0v) is 11.8. The van der Waals surface area contributed by atoms with Crippen LogP contribution < -0.4 is 5.32 Å². The molecule has 0 aromatic rings. The third-order valence-electron chi connectivity index (χ3n) is 3.01. The monoisotopic (exact) mass is 297 g/mol. The summed E-state index contributed by atoms with van der Waals surface area (Å²) in [6, 6.07) is 0. The van der Waals surface area contributed by atoms with Gasteiger partial charge in [0.15, 0.2) is 0 Å². The Morgan fingerprint density at radius 2 is 1.60 bits per heavy atom. The van der Waals surface area contributed by atoms with E-state index in [9.17, 15) is 22.8 Å². The van der Waals surface area contributed by atoms with Crippen molar-refractivity contribution >= 4 is 11.9 Å². The average Bonchev–Trinajstić information content (AvgIpc) is 2.25. The van der Waals surface area contributed by atoms with Gasteiger partial charge in [-0.15, -0.1) is 0 Å². The zero-order valence-electron chi connectivity index (χ0n) is 11.8. The highest BCUT2D eigenvalue weighted by atomic mass is 19.4. The third-order valence-corrected chi connectivity index (χ3v) is 3.01. The molecule has 0 rings (SSSR count). The largest absolute Gasteiger partial charge is 0.481 e. The van der Waals surface area contributed by atoms with Gasteiger partial charge in [-0.25, -0.2) is 0 Å². The molecule has 0 aliphatic rings. The molecular weight excluding hydrogens is 275 g/mol. The predicted molar refractivity (Wildman–Crippen MR) is 68.2 cm³/mol. The van der Waals surface area contributed by atoms with Gasteiger partial charge in [-0.3, -0.25) is 9.59 Å². The van der Waals surface area contributed by atoms with Crippen molar-refractivity contribution in [2.45, 2.75) is 58.5 Å². The van der Waals surface area contributed by atoms with E-state index in [1.165, 1.54) is 0 Å². The van der Waals surface area contributed by atoms with E-state index in [1.54, 1.807) is 0 Å². The highest BCUT2D eigenvalue weighted by Crippen LogP contribution is 2.40. The Kier molecular flexibility index (Phi) is 7.60. The third kappa shape index (κ3) is 8.01. The van der Waals surface area contributed by atoms with Gasteiger partial charge in [0.05, 0.1) is 5.41 Å². The highest BCUT2D eigenvalue weighted by molar-refractivity contribution is 5.76. The molecule has 0 unspecified atom stereocenters. The average molecular weight is 297 g/mol. The van der Waals surface area contributed by atoms with Crippen molar-refractivity contribution < 1.29 is 27.9 Å². The number of hydrogen-bond donors (Lipinski definition) is 2. The second kappa shape index (κ2) is 8.11. The molecule has 0 aromatic heterocycles. The topological polar surface area (TPSA) is 66.4 Å². The lowest BCUT2D eigenvalue weighted by atomic mass is 9.88. The fraction of sp³-hybridized carbons (Fsp3) is 0.846. The summed E-state index contributed by atoms with van der Waals surface area (Å²) in [4.78, 5) is 21.6. The smallest absolute Gasteiger partial charge is 0.394 e. The molecule has 118 valence electrons. The second-order valence-corrected chi connectivity index (χ2v) is 5.47. The van der Waals surface area contributed by atoms with E-state index in [-0.39, 0.29) is 6.42 Å². The minimum Gasteiger partial charge on any atom is -0.481 e. The van der Waals surface area contributed by atoms with Crippen molar-refractivity contribution in [3.8, 4) is 0 Å². The first-order valence-corrected chi connectivity index (χ1v) is 6.61. The Balaban J connectivity index is 3.72. The standard InChI is InChI=1S/C13H22F3NO3/c1-12(2,13(14,15)16)9-10(18)17-8-6-4-3-5-7-11(19)20/h3-9H2,1-2H3,(H,17,18)(H,19,20). The number of nitrogens with one attached hydrogen (secondary N) is 1. The fourth-order valence-electron chi connectivity index (χ4n) is 1.55. The quantitative estimate of drug-likeness (QED) is 0.643. The summed E-state index contributed by atoms with van der Waals surface area (Å²) >= 11 is 0.